The third-order valence-electron chi connectivity index (χ3n) is 3.08. The van der Waals surface area contributed by atoms with Crippen molar-refractivity contribution in [2.75, 3.05) is 26.5 Å². The van der Waals surface area contributed by atoms with Crippen molar-refractivity contribution in [3.8, 4) is 0 Å². The van der Waals surface area contributed by atoms with E-state index >= 15 is 0 Å². The van der Waals surface area contributed by atoms with E-state index in [1.54, 1.807) is 0 Å². The normalized spacial score (nSPS) is 14.2. The Morgan fingerprint density at radius 3 is 2.38 bits per heavy atom. The van der Waals surface area contributed by atoms with Crippen molar-refractivity contribution in [1.82, 2.24) is 15.5 Å². The highest BCUT2D eigenvalue weighted by Gasteiger charge is 2.16. The standard InChI is InChI=1S/C12H14N6O6/c19-11(9-1-3-10(4-2-9)17(20)21)24-6-5-16-7-13-12(14-8-16)15-18(22)23/h1-4H,5-8H2,(H2,13,14,15). The van der Waals surface area contributed by atoms with E-state index < -0.39 is 15.9 Å². The molecule has 1 aromatic carbocycles. The molecule has 0 radical (unpaired) electrons. The Hall–Kier alpha value is -3.28. The summed E-state index contributed by atoms with van der Waals surface area (Å²) in [4.78, 5) is 33.8. The molecule has 128 valence electrons. The second-order valence-corrected chi connectivity index (χ2v) is 4.69. The fraction of sp³-hybridized carbons (Fsp3) is 0.333. The number of carbonyl (C=O) groups excluding carboxylic acids is 1. The third kappa shape index (κ3) is 4.88. The number of hydrogen-bond acceptors (Lipinski definition) is 7. The minimum atomic E-state index is -0.809. The van der Waals surface area contributed by atoms with Crippen molar-refractivity contribution in [2.24, 2.45) is 5.10 Å². The van der Waals surface area contributed by atoms with E-state index in [-0.39, 0.29) is 23.8 Å². The van der Waals surface area contributed by atoms with Crippen molar-refractivity contribution >= 4 is 17.6 Å². The molecule has 0 saturated carbocycles. The zero-order valence-corrected chi connectivity index (χ0v) is 12.4. The fourth-order valence-electron chi connectivity index (χ4n) is 1.87. The predicted octanol–water partition coefficient (Wildman–Crippen LogP) is -0.291. The van der Waals surface area contributed by atoms with Crippen LogP contribution in [-0.4, -0.2) is 53.3 Å². The Morgan fingerprint density at radius 1 is 1.21 bits per heavy atom. The lowest BCUT2D eigenvalue weighted by Gasteiger charge is -2.28. The molecule has 2 rings (SSSR count). The van der Waals surface area contributed by atoms with Gasteiger partial charge in [0, 0.05) is 18.7 Å². The molecule has 1 aliphatic rings. The van der Waals surface area contributed by atoms with Crippen molar-refractivity contribution in [1.29, 1.82) is 0 Å². The summed E-state index contributed by atoms with van der Waals surface area (Å²) in [5.74, 6) is -0.516. The highest BCUT2D eigenvalue weighted by molar-refractivity contribution is 5.89. The fourth-order valence-corrected chi connectivity index (χ4v) is 1.87. The first kappa shape index (κ1) is 17.1. The predicted molar refractivity (Wildman–Crippen MR) is 80.5 cm³/mol. The van der Waals surface area contributed by atoms with Crippen LogP contribution in [0.2, 0.25) is 0 Å². The van der Waals surface area contributed by atoms with Crippen LogP contribution >= 0.6 is 0 Å². The van der Waals surface area contributed by atoms with Gasteiger partial charge >= 0.3 is 5.97 Å². The lowest BCUT2D eigenvalue weighted by molar-refractivity contribution is -0.485. The summed E-state index contributed by atoms with van der Waals surface area (Å²) in [6.45, 7) is 1.12. The molecule has 24 heavy (non-hydrogen) atoms. The molecular formula is C12H14N6O6. The van der Waals surface area contributed by atoms with Gasteiger partial charge in [-0.15, -0.1) is 0 Å². The van der Waals surface area contributed by atoms with E-state index in [0.717, 1.165) is 0 Å². The number of esters is 1. The van der Waals surface area contributed by atoms with Gasteiger partial charge in [0.25, 0.3) is 11.6 Å². The molecule has 0 aliphatic carbocycles. The van der Waals surface area contributed by atoms with Gasteiger partial charge in [-0.05, 0) is 12.1 Å². The zero-order valence-electron chi connectivity index (χ0n) is 12.4. The number of guanidine groups is 1. The Bertz CT molecular complexity index is 651. The zero-order chi connectivity index (χ0) is 17.5. The first-order chi connectivity index (χ1) is 11.5. The highest BCUT2D eigenvalue weighted by atomic mass is 16.7. The van der Waals surface area contributed by atoms with Gasteiger partial charge in [-0.25, -0.2) is 14.9 Å². The molecule has 0 atom stereocenters. The maximum Gasteiger partial charge on any atom is 0.338 e. The molecule has 1 fully saturated rings. The van der Waals surface area contributed by atoms with E-state index in [2.05, 4.69) is 15.7 Å². The minimum Gasteiger partial charge on any atom is -0.461 e. The summed E-state index contributed by atoms with van der Waals surface area (Å²) < 4.78 is 5.08. The summed E-state index contributed by atoms with van der Waals surface area (Å²) in [6.07, 6.45) is 0. The van der Waals surface area contributed by atoms with Gasteiger partial charge in [-0.1, -0.05) is 0 Å². The molecule has 0 bridgehead atoms. The molecule has 1 aromatic rings. The number of benzene rings is 1. The number of carbonyl (C=O) groups is 1. The molecule has 0 unspecified atom stereocenters. The van der Waals surface area contributed by atoms with Crippen molar-refractivity contribution < 1.29 is 19.5 Å². The maximum atomic E-state index is 11.8. The number of nitrogens with one attached hydrogen (secondary N) is 2. The smallest absolute Gasteiger partial charge is 0.338 e. The topological polar surface area (TPSA) is 152 Å². The van der Waals surface area contributed by atoms with Gasteiger partial charge < -0.3 is 15.4 Å². The number of hydrogen-bond donors (Lipinski definition) is 2. The second-order valence-electron chi connectivity index (χ2n) is 4.69. The Morgan fingerprint density at radius 2 is 1.83 bits per heavy atom. The molecule has 1 heterocycles. The van der Waals surface area contributed by atoms with E-state index in [0.29, 0.717) is 19.9 Å². The molecule has 2 N–H and O–H groups in total. The molecule has 1 saturated heterocycles. The lowest BCUT2D eigenvalue weighted by Crippen LogP contribution is -2.55. The van der Waals surface area contributed by atoms with Gasteiger partial charge in [-0.3, -0.25) is 15.0 Å². The van der Waals surface area contributed by atoms with Crippen LogP contribution < -0.4 is 10.6 Å². The van der Waals surface area contributed by atoms with E-state index in [1.807, 2.05) is 4.90 Å². The van der Waals surface area contributed by atoms with E-state index in [9.17, 15) is 25.0 Å². The van der Waals surface area contributed by atoms with Gasteiger partial charge in [0.05, 0.1) is 23.8 Å². The number of nitrogens with zero attached hydrogens (tertiary/aromatic N) is 4. The van der Waals surface area contributed by atoms with Crippen molar-refractivity contribution in [3.05, 3.63) is 50.1 Å². The molecule has 0 aromatic heterocycles. The van der Waals surface area contributed by atoms with Crippen LogP contribution in [0.25, 0.3) is 0 Å². The molecular weight excluding hydrogens is 324 g/mol. The van der Waals surface area contributed by atoms with Crippen LogP contribution in [-0.2, 0) is 4.74 Å². The number of rotatable bonds is 6. The van der Waals surface area contributed by atoms with Gasteiger partial charge in [0.1, 0.15) is 11.7 Å². The quantitative estimate of drug-likeness (QED) is 0.404. The first-order valence-electron chi connectivity index (χ1n) is 6.80. The lowest BCUT2D eigenvalue weighted by atomic mass is 10.2. The molecule has 0 spiro atoms. The number of hydrazone groups is 1. The molecule has 12 nitrogen and oxygen atoms in total. The largest absolute Gasteiger partial charge is 0.461 e. The highest BCUT2D eigenvalue weighted by Crippen LogP contribution is 2.12. The van der Waals surface area contributed by atoms with Crippen molar-refractivity contribution in [2.45, 2.75) is 0 Å². The first-order valence-corrected chi connectivity index (χ1v) is 6.80. The number of non-ortho nitro benzene ring substituents is 1. The minimum absolute atomic E-state index is 0.0686. The molecule has 12 heteroatoms. The maximum absolute atomic E-state index is 11.8. The molecule has 1 aliphatic heterocycles. The summed E-state index contributed by atoms with van der Waals surface area (Å²) >= 11 is 0. The number of ether oxygens (including phenoxy) is 1. The van der Waals surface area contributed by atoms with Crippen molar-refractivity contribution in [3.63, 3.8) is 0 Å². The van der Waals surface area contributed by atoms with E-state index in [4.69, 9.17) is 4.74 Å². The van der Waals surface area contributed by atoms with Crippen LogP contribution in [0.15, 0.2) is 29.4 Å². The Labute approximate surface area is 135 Å². The van der Waals surface area contributed by atoms with Gasteiger partial charge in [0.15, 0.2) is 5.03 Å². The van der Waals surface area contributed by atoms with Gasteiger partial charge in [0.2, 0.25) is 0 Å². The average Bonchev–Trinajstić information content (AvgIpc) is 2.56. The summed E-state index contributed by atoms with van der Waals surface area (Å²) in [5, 5.41) is 28.5. The molecule has 0 amide bonds. The average molecular weight is 338 g/mol. The van der Waals surface area contributed by atoms with Crippen LogP contribution in [0.3, 0.4) is 0 Å². The monoisotopic (exact) mass is 338 g/mol. The van der Waals surface area contributed by atoms with Gasteiger partial charge in [-0.2, -0.15) is 0 Å². The summed E-state index contributed by atoms with van der Waals surface area (Å²) in [7, 11) is 0. The second kappa shape index (κ2) is 7.82. The van der Waals surface area contributed by atoms with Crippen LogP contribution in [0.1, 0.15) is 10.4 Å². The Kier molecular flexibility index (Phi) is 5.57. The van der Waals surface area contributed by atoms with Crippen LogP contribution in [0, 0.1) is 20.2 Å². The number of nitro benzene ring substituents is 1. The van der Waals surface area contributed by atoms with E-state index in [1.165, 1.54) is 24.3 Å². The summed E-state index contributed by atoms with van der Waals surface area (Å²) in [6, 6.07) is 5.10. The Balaban J connectivity index is 1.73. The van der Waals surface area contributed by atoms with Crippen LogP contribution in [0.5, 0.6) is 0 Å². The SMILES string of the molecule is O=C(OCCN1CNC(=N[N+](=O)[O-])NC1)c1ccc([N+](=O)[O-])cc1. The number of nitro groups is 2. The third-order valence-corrected chi connectivity index (χ3v) is 3.08. The summed E-state index contributed by atoms with van der Waals surface area (Å²) in [5.41, 5.74) is 0.111. The van der Waals surface area contributed by atoms with Crippen LogP contribution in [0.4, 0.5) is 5.69 Å².